The third-order valence-electron chi connectivity index (χ3n) is 8.27. The molecule has 44 heavy (non-hydrogen) atoms. The topological polar surface area (TPSA) is 79.3 Å². The summed E-state index contributed by atoms with van der Waals surface area (Å²) in [6.45, 7) is 9.94. The van der Waals surface area contributed by atoms with E-state index >= 15 is 0 Å². The molecule has 3 heterocycles. The Bertz CT molecular complexity index is 1740. The molecule has 5 aromatic rings. The number of likely N-dealkylation sites (tertiary alicyclic amines) is 1. The van der Waals surface area contributed by atoms with E-state index in [0.717, 1.165) is 69.9 Å². The molecule has 7 nitrogen and oxygen atoms in total. The molecular formula is C36H39N5O2S. The Morgan fingerprint density at radius 1 is 0.909 bits per heavy atom. The largest absolute Gasteiger partial charge is 0.338 e. The summed E-state index contributed by atoms with van der Waals surface area (Å²) in [7, 11) is 0. The van der Waals surface area contributed by atoms with E-state index < -0.39 is 0 Å². The zero-order valence-electron chi connectivity index (χ0n) is 25.8. The van der Waals surface area contributed by atoms with Crippen molar-refractivity contribution in [2.75, 3.05) is 23.7 Å². The van der Waals surface area contributed by atoms with Crippen molar-refractivity contribution in [3.05, 3.63) is 107 Å². The Morgan fingerprint density at radius 3 is 2.30 bits per heavy atom. The highest BCUT2D eigenvalue weighted by Gasteiger charge is 2.25. The minimum absolute atomic E-state index is 0.148. The lowest BCUT2D eigenvalue weighted by molar-refractivity contribution is 0.0695. The number of rotatable bonds is 6. The quantitative estimate of drug-likeness (QED) is 0.204. The third-order valence-corrected chi connectivity index (χ3v) is 9.38. The molecule has 226 valence electrons. The van der Waals surface area contributed by atoms with Gasteiger partial charge in [0.25, 0.3) is 5.91 Å². The number of aromatic nitrogens is 2. The second kappa shape index (κ2) is 12.3. The molecule has 3 aromatic carbocycles. The summed E-state index contributed by atoms with van der Waals surface area (Å²) in [4.78, 5) is 29.0. The molecule has 6 rings (SSSR count). The highest BCUT2D eigenvalue weighted by Crippen LogP contribution is 2.30. The molecule has 2 N–H and O–H groups in total. The van der Waals surface area contributed by atoms with Crippen LogP contribution in [-0.2, 0) is 11.8 Å². The number of aryl methyl sites for hydroxylation is 1. The Hall–Kier alpha value is -4.43. The van der Waals surface area contributed by atoms with E-state index in [0.29, 0.717) is 11.7 Å². The third kappa shape index (κ3) is 6.70. The van der Waals surface area contributed by atoms with E-state index in [2.05, 4.69) is 55.7 Å². The molecule has 1 aliphatic heterocycles. The van der Waals surface area contributed by atoms with Gasteiger partial charge < -0.3 is 10.2 Å². The van der Waals surface area contributed by atoms with Gasteiger partial charge in [0.05, 0.1) is 16.3 Å². The van der Waals surface area contributed by atoms with Gasteiger partial charge in [0.1, 0.15) is 5.82 Å². The molecule has 0 saturated carbocycles. The molecule has 0 atom stereocenters. The average Bonchev–Trinajstić information content (AvgIpc) is 3.63. The van der Waals surface area contributed by atoms with Crippen molar-refractivity contribution in [3.8, 4) is 5.69 Å². The number of fused-ring (bicyclic) bond motifs is 1. The van der Waals surface area contributed by atoms with E-state index in [1.807, 2.05) is 72.5 Å². The predicted octanol–water partition coefficient (Wildman–Crippen LogP) is 8.43. The van der Waals surface area contributed by atoms with Crippen molar-refractivity contribution in [1.29, 1.82) is 0 Å². The lowest BCUT2D eigenvalue weighted by Gasteiger charge is -2.31. The Kier molecular flexibility index (Phi) is 8.27. The first-order chi connectivity index (χ1) is 21.1. The van der Waals surface area contributed by atoms with Gasteiger partial charge >= 0.3 is 6.03 Å². The number of carbonyl (C=O) groups excluding carboxylic acids is 2. The molecule has 0 radical (unpaired) electrons. The fourth-order valence-corrected chi connectivity index (χ4v) is 6.67. The predicted molar refractivity (Wildman–Crippen MR) is 180 cm³/mol. The summed E-state index contributed by atoms with van der Waals surface area (Å²) in [5.41, 5.74) is 4.75. The van der Waals surface area contributed by atoms with E-state index in [4.69, 9.17) is 5.10 Å². The van der Waals surface area contributed by atoms with Crippen LogP contribution in [0.25, 0.3) is 15.8 Å². The van der Waals surface area contributed by atoms with Crippen LogP contribution < -0.4 is 10.6 Å². The number of benzene rings is 3. The van der Waals surface area contributed by atoms with Crippen molar-refractivity contribution in [2.45, 2.75) is 52.4 Å². The standard InChI is InChI=1S/C36H39N5O2S/c1-24-9-15-29(16-10-24)41-33(23-32(39-41)36(2,3)4)38-35(43)37-28-13-11-25(12-14-28)21-26-17-19-40(20-18-26)34(42)31-22-27-7-5-6-8-30(27)44-31/h5-16,22-23,26H,17-21H2,1-4H3,(H2,37,38,43). The molecule has 1 saturated heterocycles. The van der Waals surface area contributed by atoms with Crippen LogP contribution in [0.3, 0.4) is 0 Å². The number of thiophene rings is 1. The first kappa shape index (κ1) is 29.6. The Balaban J connectivity index is 1.03. The molecule has 0 unspecified atom stereocenters. The minimum atomic E-state index is -0.317. The molecule has 2 aromatic heterocycles. The second-order valence-corrected chi connectivity index (χ2v) is 13.9. The van der Waals surface area contributed by atoms with Crippen molar-refractivity contribution in [1.82, 2.24) is 14.7 Å². The van der Waals surface area contributed by atoms with E-state index in [1.54, 1.807) is 16.0 Å². The summed E-state index contributed by atoms with van der Waals surface area (Å²) >= 11 is 1.58. The fraction of sp³-hybridized carbons (Fsp3) is 0.306. The maximum absolute atomic E-state index is 13.1. The SMILES string of the molecule is Cc1ccc(-n2nc(C(C)(C)C)cc2NC(=O)Nc2ccc(CC3CCN(C(=O)c4cc5ccccc5s4)CC3)cc2)cc1. The van der Waals surface area contributed by atoms with E-state index in [1.165, 1.54) is 5.56 Å². The van der Waals surface area contributed by atoms with Crippen LogP contribution in [0, 0.1) is 12.8 Å². The zero-order valence-corrected chi connectivity index (χ0v) is 26.6. The molecule has 8 heteroatoms. The van der Waals surface area contributed by atoms with Crippen LogP contribution in [0.5, 0.6) is 0 Å². The number of carbonyl (C=O) groups is 2. The molecule has 3 amide bonds. The Morgan fingerprint density at radius 2 is 1.61 bits per heavy atom. The molecule has 0 spiro atoms. The maximum Gasteiger partial charge on any atom is 0.324 e. The highest BCUT2D eigenvalue weighted by atomic mass is 32.1. The highest BCUT2D eigenvalue weighted by molar-refractivity contribution is 7.20. The van der Waals surface area contributed by atoms with Gasteiger partial charge in [-0.15, -0.1) is 11.3 Å². The van der Waals surface area contributed by atoms with Gasteiger partial charge in [0.2, 0.25) is 0 Å². The Labute approximate surface area is 262 Å². The number of amides is 3. The summed E-state index contributed by atoms with van der Waals surface area (Å²) < 4.78 is 2.94. The number of hydrogen-bond acceptors (Lipinski definition) is 4. The maximum atomic E-state index is 13.1. The zero-order chi connectivity index (χ0) is 30.8. The van der Waals surface area contributed by atoms with Gasteiger partial charge in [0, 0.05) is 35.0 Å². The van der Waals surface area contributed by atoms with Crippen LogP contribution >= 0.6 is 11.3 Å². The van der Waals surface area contributed by atoms with Crippen molar-refractivity contribution in [2.24, 2.45) is 5.92 Å². The lowest BCUT2D eigenvalue weighted by Crippen LogP contribution is -2.38. The number of nitrogens with one attached hydrogen (secondary N) is 2. The van der Waals surface area contributed by atoms with Crippen LogP contribution in [0.1, 0.15) is 60.1 Å². The number of piperidine rings is 1. The minimum Gasteiger partial charge on any atom is -0.338 e. The molecule has 0 aliphatic carbocycles. The van der Waals surface area contributed by atoms with E-state index in [-0.39, 0.29) is 17.4 Å². The van der Waals surface area contributed by atoms with Crippen LogP contribution in [-0.4, -0.2) is 39.7 Å². The number of anilines is 2. The number of urea groups is 1. The summed E-state index contributed by atoms with van der Waals surface area (Å²) in [5, 5.41) is 11.9. The average molecular weight is 606 g/mol. The number of nitrogens with zero attached hydrogens (tertiary/aromatic N) is 3. The van der Waals surface area contributed by atoms with Crippen molar-refractivity contribution in [3.63, 3.8) is 0 Å². The molecular weight excluding hydrogens is 566 g/mol. The second-order valence-electron chi connectivity index (χ2n) is 12.8. The van der Waals surface area contributed by atoms with Crippen LogP contribution in [0.15, 0.2) is 84.9 Å². The molecule has 1 fully saturated rings. The lowest BCUT2D eigenvalue weighted by atomic mass is 9.90. The first-order valence-corrected chi connectivity index (χ1v) is 16.1. The first-order valence-electron chi connectivity index (χ1n) is 15.2. The van der Waals surface area contributed by atoms with Gasteiger partial charge in [-0.2, -0.15) is 5.10 Å². The van der Waals surface area contributed by atoms with Gasteiger partial charge in [0.15, 0.2) is 0 Å². The fourth-order valence-electron chi connectivity index (χ4n) is 5.64. The van der Waals surface area contributed by atoms with Crippen LogP contribution in [0.4, 0.5) is 16.3 Å². The van der Waals surface area contributed by atoms with Crippen LogP contribution in [0.2, 0.25) is 0 Å². The van der Waals surface area contributed by atoms with Crippen molar-refractivity contribution < 1.29 is 9.59 Å². The van der Waals surface area contributed by atoms with Gasteiger partial charge in [-0.1, -0.05) is 68.8 Å². The summed E-state index contributed by atoms with van der Waals surface area (Å²) in [6, 6.07) is 27.9. The smallest absolute Gasteiger partial charge is 0.324 e. The van der Waals surface area contributed by atoms with Gasteiger partial charge in [-0.3, -0.25) is 10.1 Å². The molecule has 1 aliphatic rings. The number of hydrogen-bond donors (Lipinski definition) is 2. The van der Waals surface area contributed by atoms with Gasteiger partial charge in [-0.05, 0) is 79.5 Å². The van der Waals surface area contributed by atoms with Gasteiger partial charge in [-0.25, -0.2) is 9.48 Å². The summed E-state index contributed by atoms with van der Waals surface area (Å²) in [6.07, 6.45) is 2.94. The van der Waals surface area contributed by atoms with E-state index in [9.17, 15) is 9.59 Å². The summed E-state index contributed by atoms with van der Waals surface area (Å²) in [5.74, 6) is 1.29. The normalized spacial score (nSPS) is 14.1. The molecule has 0 bridgehead atoms. The van der Waals surface area contributed by atoms with Crippen molar-refractivity contribution >= 4 is 44.9 Å². The monoisotopic (exact) mass is 605 g/mol.